The normalized spacial score (nSPS) is 11.7. The summed E-state index contributed by atoms with van der Waals surface area (Å²) in [6.07, 6.45) is 0. The van der Waals surface area contributed by atoms with Crippen molar-refractivity contribution < 1.29 is 47.6 Å². The van der Waals surface area contributed by atoms with Crippen molar-refractivity contribution in [1.82, 2.24) is 4.98 Å². The zero-order chi connectivity index (χ0) is 20.6. The zero-order valence-corrected chi connectivity index (χ0v) is 19.7. The van der Waals surface area contributed by atoms with Crippen LogP contribution in [0.15, 0.2) is 75.8 Å². The molecule has 0 radical (unpaired) electrons. The van der Waals surface area contributed by atoms with Crippen molar-refractivity contribution in [2.75, 3.05) is 0 Å². The van der Waals surface area contributed by atoms with Crippen LogP contribution in [0.2, 0.25) is 0 Å². The summed E-state index contributed by atoms with van der Waals surface area (Å²) < 4.78 is 35.5. The third kappa shape index (κ3) is 4.61. The fraction of sp³-hybridized carbons (Fsp3) is 0.0500. The molecule has 146 valence electrons. The van der Waals surface area contributed by atoms with Crippen LogP contribution in [0.25, 0.3) is 20.8 Å². The molecule has 0 bridgehead atoms. The average Bonchev–Trinajstić information content (AvgIpc) is 3.10. The molecule has 3 aromatic carbocycles. The van der Waals surface area contributed by atoms with E-state index in [2.05, 4.69) is 15.2 Å². The van der Waals surface area contributed by atoms with Gasteiger partial charge < -0.3 is 9.66 Å². The summed E-state index contributed by atoms with van der Waals surface area (Å²) in [4.78, 5) is 4.12. The molecule has 0 fully saturated rings. The minimum Gasteiger partial charge on any atom is -0.744 e. The smallest absolute Gasteiger partial charge is 0.744 e. The van der Waals surface area contributed by atoms with Crippen molar-refractivity contribution in [2.24, 2.45) is 10.2 Å². The number of aromatic nitrogens is 1. The van der Waals surface area contributed by atoms with E-state index in [0.29, 0.717) is 26.6 Å². The van der Waals surface area contributed by atoms with Gasteiger partial charge >= 0.3 is 29.6 Å². The van der Waals surface area contributed by atoms with E-state index in [4.69, 9.17) is 0 Å². The first-order valence-electron chi connectivity index (χ1n) is 8.49. The maximum atomic E-state index is 11.6. The fourth-order valence-electron chi connectivity index (χ4n) is 2.84. The number of aryl methyl sites for hydroxylation is 1. The van der Waals surface area contributed by atoms with Crippen molar-refractivity contribution in [2.45, 2.75) is 11.8 Å². The molecule has 0 spiro atoms. The van der Waals surface area contributed by atoms with Gasteiger partial charge in [0.15, 0.2) is 0 Å². The summed E-state index contributed by atoms with van der Waals surface area (Å²) in [6.45, 7) is 1.58. The third-order valence-corrected chi connectivity index (χ3v) is 6.32. The van der Waals surface area contributed by atoms with Gasteiger partial charge in [0.2, 0.25) is 0 Å². The van der Waals surface area contributed by atoms with E-state index >= 15 is 0 Å². The number of fused-ring (bicyclic) bond motifs is 1. The van der Waals surface area contributed by atoms with Gasteiger partial charge in [-0.3, -0.25) is 0 Å². The predicted molar refractivity (Wildman–Crippen MR) is 110 cm³/mol. The Labute approximate surface area is 199 Å². The Bertz CT molecular complexity index is 1350. The van der Waals surface area contributed by atoms with Crippen molar-refractivity contribution in [1.29, 1.82) is 0 Å². The van der Waals surface area contributed by atoms with E-state index in [0.717, 1.165) is 5.56 Å². The number of thiazole rings is 1. The van der Waals surface area contributed by atoms with Crippen molar-refractivity contribution >= 4 is 43.0 Å². The molecule has 0 saturated carbocycles. The number of benzene rings is 3. The van der Waals surface area contributed by atoms with Crippen LogP contribution in [-0.2, 0) is 10.1 Å². The van der Waals surface area contributed by atoms with Gasteiger partial charge in [-0.25, -0.2) is 13.4 Å². The average molecular weight is 447 g/mol. The van der Waals surface area contributed by atoms with Gasteiger partial charge in [0.1, 0.15) is 26.6 Å². The third-order valence-electron chi connectivity index (χ3n) is 4.23. The fourth-order valence-corrected chi connectivity index (χ4v) is 4.74. The van der Waals surface area contributed by atoms with Gasteiger partial charge in [-0.05, 0) is 55.0 Å². The topological polar surface area (TPSA) is 115 Å². The Kier molecular flexibility index (Phi) is 6.71. The summed E-state index contributed by atoms with van der Waals surface area (Å²) in [5.41, 5.74) is 2.29. The van der Waals surface area contributed by atoms with E-state index in [-0.39, 0.29) is 45.7 Å². The SMILES string of the molecule is Cc1ccc2sc(-c3ccc(N=Nc4ccccc4O)cc3)nc2c1S(=O)(=O)[O-].[Na+]. The molecule has 10 heteroatoms. The molecule has 0 amide bonds. The molecule has 0 aliphatic heterocycles. The molecular formula is C20H14N3NaO4S2. The standard InChI is InChI=1S/C20H15N3O4S2.Na/c1-12-6-11-17-18(19(12)29(25,26)27)21-20(28-17)13-7-9-14(10-8-13)22-23-15-4-2-3-5-16(15)24;/h2-11,24H,1H3,(H,25,26,27);/q;+1/p-1. The molecule has 0 aliphatic carbocycles. The van der Waals surface area contributed by atoms with E-state index in [1.54, 1.807) is 61.5 Å². The monoisotopic (exact) mass is 447 g/mol. The van der Waals surface area contributed by atoms with Crippen LogP contribution in [0, 0.1) is 6.92 Å². The van der Waals surface area contributed by atoms with Gasteiger partial charge in [-0.2, -0.15) is 5.11 Å². The first-order valence-corrected chi connectivity index (χ1v) is 10.7. The molecule has 1 aromatic heterocycles. The molecular weight excluding hydrogens is 433 g/mol. The maximum absolute atomic E-state index is 11.6. The van der Waals surface area contributed by atoms with Gasteiger partial charge in [0, 0.05) is 5.56 Å². The van der Waals surface area contributed by atoms with Crippen molar-refractivity contribution in [3.63, 3.8) is 0 Å². The first-order chi connectivity index (χ1) is 13.8. The number of aromatic hydroxyl groups is 1. The number of phenols is 1. The van der Waals surface area contributed by atoms with Crippen LogP contribution in [0.1, 0.15) is 5.56 Å². The van der Waals surface area contributed by atoms with Crippen LogP contribution < -0.4 is 29.6 Å². The van der Waals surface area contributed by atoms with Crippen LogP contribution in [-0.4, -0.2) is 23.1 Å². The van der Waals surface area contributed by atoms with Gasteiger partial charge in [-0.15, -0.1) is 16.5 Å². The number of nitrogens with zero attached hydrogens (tertiary/aromatic N) is 3. The quantitative estimate of drug-likeness (QED) is 0.293. The molecule has 1 N–H and O–H groups in total. The van der Waals surface area contributed by atoms with E-state index in [1.807, 2.05) is 0 Å². The molecule has 0 atom stereocenters. The number of para-hydroxylation sites is 1. The number of hydrogen-bond donors (Lipinski definition) is 1. The predicted octanol–water partition coefficient (Wildman–Crippen LogP) is 2.30. The minimum atomic E-state index is -4.63. The Morgan fingerprint density at radius 1 is 1.00 bits per heavy atom. The molecule has 7 nitrogen and oxygen atoms in total. The van der Waals surface area contributed by atoms with Crippen LogP contribution in [0.3, 0.4) is 0 Å². The minimum absolute atomic E-state index is 0. The number of rotatable bonds is 4. The molecule has 4 rings (SSSR count). The Hall–Kier alpha value is -2.14. The van der Waals surface area contributed by atoms with Gasteiger partial charge in [0.05, 0.1) is 20.8 Å². The number of phenolic OH excluding ortho intramolecular Hbond substituents is 1. The number of azo groups is 1. The summed E-state index contributed by atoms with van der Waals surface area (Å²) in [5, 5.41) is 18.4. The summed E-state index contributed by atoms with van der Waals surface area (Å²) in [5.74, 6) is 0.0433. The molecule has 4 aromatic rings. The molecule has 0 saturated heterocycles. The first kappa shape index (κ1) is 22.5. The molecule has 0 aliphatic rings. The summed E-state index contributed by atoms with van der Waals surface area (Å²) in [7, 11) is -4.63. The Morgan fingerprint density at radius 2 is 1.70 bits per heavy atom. The Morgan fingerprint density at radius 3 is 2.37 bits per heavy atom. The molecule has 1 heterocycles. The van der Waals surface area contributed by atoms with Gasteiger partial charge in [0.25, 0.3) is 0 Å². The number of hydrogen-bond acceptors (Lipinski definition) is 8. The van der Waals surface area contributed by atoms with E-state index in [9.17, 15) is 18.1 Å². The second-order valence-electron chi connectivity index (χ2n) is 6.27. The van der Waals surface area contributed by atoms with Crippen molar-refractivity contribution in [3.8, 4) is 16.3 Å². The van der Waals surface area contributed by atoms with Crippen LogP contribution >= 0.6 is 11.3 Å². The van der Waals surface area contributed by atoms with Crippen LogP contribution in [0.5, 0.6) is 5.75 Å². The second kappa shape index (κ2) is 8.93. The molecule has 0 unspecified atom stereocenters. The molecule has 30 heavy (non-hydrogen) atoms. The van der Waals surface area contributed by atoms with E-state index < -0.39 is 10.1 Å². The second-order valence-corrected chi connectivity index (χ2v) is 8.61. The van der Waals surface area contributed by atoms with Crippen molar-refractivity contribution in [3.05, 3.63) is 66.2 Å². The van der Waals surface area contributed by atoms with Crippen LogP contribution in [0.4, 0.5) is 11.4 Å². The summed E-state index contributed by atoms with van der Waals surface area (Å²) in [6, 6.07) is 17.1. The summed E-state index contributed by atoms with van der Waals surface area (Å²) >= 11 is 1.31. The largest absolute Gasteiger partial charge is 1.00 e. The maximum Gasteiger partial charge on any atom is 1.00 e. The van der Waals surface area contributed by atoms with E-state index in [1.165, 1.54) is 17.4 Å². The Balaban J connectivity index is 0.00000256. The zero-order valence-electron chi connectivity index (χ0n) is 16.1. The van der Waals surface area contributed by atoms with Gasteiger partial charge in [-0.1, -0.05) is 18.2 Å².